The standard InChI is InChI=1S/C12H17Cl2NOS/c1-4-15(11(16)12(2,3)8-13)7-9-5-6-10(14)17-9/h5-6H,4,7-8H2,1-3H3. The molecule has 0 spiro atoms. The van der Waals surface area contributed by atoms with Crippen LogP contribution in [-0.2, 0) is 11.3 Å². The summed E-state index contributed by atoms with van der Waals surface area (Å²) in [5, 5.41) is 0. The number of halogens is 2. The molecule has 5 heteroatoms. The summed E-state index contributed by atoms with van der Waals surface area (Å²) >= 11 is 13.2. The Balaban J connectivity index is 2.75. The summed E-state index contributed by atoms with van der Waals surface area (Å²) in [5.74, 6) is 0.410. The number of thiophene rings is 1. The minimum absolute atomic E-state index is 0.0829. The summed E-state index contributed by atoms with van der Waals surface area (Å²) in [5.41, 5.74) is -0.515. The van der Waals surface area contributed by atoms with Gasteiger partial charge in [-0.25, -0.2) is 0 Å². The van der Waals surface area contributed by atoms with Crippen LogP contribution >= 0.6 is 34.5 Å². The van der Waals surface area contributed by atoms with Gasteiger partial charge in [0.2, 0.25) is 5.91 Å². The van der Waals surface area contributed by atoms with Crippen molar-refractivity contribution in [3.05, 3.63) is 21.3 Å². The molecule has 0 fully saturated rings. The maximum Gasteiger partial charge on any atom is 0.229 e. The molecule has 0 radical (unpaired) electrons. The largest absolute Gasteiger partial charge is 0.337 e. The Morgan fingerprint density at radius 1 is 1.47 bits per heavy atom. The SMILES string of the molecule is CCN(Cc1ccc(Cl)s1)C(=O)C(C)(C)CCl. The number of hydrogen-bond acceptors (Lipinski definition) is 2. The summed E-state index contributed by atoms with van der Waals surface area (Å²) in [4.78, 5) is 15.2. The van der Waals surface area contributed by atoms with Crippen molar-refractivity contribution in [2.75, 3.05) is 12.4 Å². The molecule has 1 aromatic heterocycles. The molecule has 96 valence electrons. The Labute approximate surface area is 117 Å². The van der Waals surface area contributed by atoms with Gasteiger partial charge in [-0.05, 0) is 32.9 Å². The lowest BCUT2D eigenvalue weighted by atomic mass is 9.94. The molecule has 0 atom stereocenters. The van der Waals surface area contributed by atoms with Gasteiger partial charge in [-0.1, -0.05) is 11.6 Å². The van der Waals surface area contributed by atoms with Gasteiger partial charge in [0, 0.05) is 17.3 Å². The van der Waals surface area contributed by atoms with Crippen LogP contribution in [0.25, 0.3) is 0 Å². The maximum absolute atomic E-state index is 12.3. The monoisotopic (exact) mass is 293 g/mol. The summed E-state index contributed by atoms with van der Waals surface area (Å²) in [6, 6.07) is 3.81. The number of carbonyl (C=O) groups is 1. The molecule has 0 aliphatic heterocycles. The van der Waals surface area contributed by atoms with E-state index in [1.54, 1.807) is 0 Å². The van der Waals surface area contributed by atoms with Crippen LogP contribution in [0.5, 0.6) is 0 Å². The molecule has 2 nitrogen and oxygen atoms in total. The molecule has 0 aliphatic rings. The van der Waals surface area contributed by atoms with Crippen molar-refractivity contribution in [2.24, 2.45) is 5.41 Å². The number of amides is 1. The van der Waals surface area contributed by atoms with Crippen molar-refractivity contribution >= 4 is 40.4 Å². The molecule has 0 saturated carbocycles. The molecule has 1 rings (SSSR count). The molecule has 0 aromatic carbocycles. The minimum atomic E-state index is -0.515. The Bertz CT molecular complexity index is 390. The fourth-order valence-corrected chi connectivity index (χ4v) is 2.65. The van der Waals surface area contributed by atoms with E-state index >= 15 is 0 Å². The maximum atomic E-state index is 12.3. The molecule has 0 saturated heterocycles. The van der Waals surface area contributed by atoms with E-state index < -0.39 is 5.41 Å². The zero-order valence-corrected chi connectivity index (χ0v) is 12.6. The first-order chi connectivity index (χ1) is 7.90. The van der Waals surface area contributed by atoms with Crippen molar-refractivity contribution in [3.8, 4) is 0 Å². The third kappa shape index (κ3) is 3.87. The van der Waals surface area contributed by atoms with E-state index in [1.807, 2.05) is 37.8 Å². The van der Waals surface area contributed by atoms with E-state index in [4.69, 9.17) is 23.2 Å². The summed E-state index contributed by atoms with van der Waals surface area (Å²) in [6.45, 7) is 6.98. The molecule has 1 amide bonds. The first-order valence-corrected chi connectivity index (χ1v) is 7.23. The smallest absolute Gasteiger partial charge is 0.229 e. The second-order valence-electron chi connectivity index (χ2n) is 4.54. The average molecular weight is 294 g/mol. The van der Waals surface area contributed by atoms with Crippen LogP contribution in [-0.4, -0.2) is 23.2 Å². The molecule has 0 bridgehead atoms. The quantitative estimate of drug-likeness (QED) is 0.751. The number of alkyl halides is 1. The van der Waals surface area contributed by atoms with E-state index in [1.165, 1.54) is 11.3 Å². The highest BCUT2D eigenvalue weighted by Crippen LogP contribution is 2.26. The van der Waals surface area contributed by atoms with Gasteiger partial charge in [-0.2, -0.15) is 0 Å². The van der Waals surface area contributed by atoms with Crippen LogP contribution in [0.15, 0.2) is 12.1 Å². The number of rotatable bonds is 5. The first-order valence-electron chi connectivity index (χ1n) is 5.50. The molecule has 17 heavy (non-hydrogen) atoms. The van der Waals surface area contributed by atoms with E-state index in [2.05, 4.69) is 0 Å². The summed E-state index contributed by atoms with van der Waals surface area (Å²) in [7, 11) is 0. The highest BCUT2D eigenvalue weighted by atomic mass is 35.5. The predicted molar refractivity (Wildman–Crippen MR) is 74.9 cm³/mol. The topological polar surface area (TPSA) is 20.3 Å². The number of carbonyl (C=O) groups excluding carboxylic acids is 1. The van der Waals surface area contributed by atoms with Crippen LogP contribution in [0.2, 0.25) is 4.34 Å². The van der Waals surface area contributed by atoms with Crippen LogP contribution in [0.1, 0.15) is 25.6 Å². The van der Waals surface area contributed by atoms with Gasteiger partial charge in [-0.3, -0.25) is 4.79 Å². The zero-order valence-electron chi connectivity index (χ0n) is 10.3. The fraction of sp³-hybridized carbons (Fsp3) is 0.583. The Kier molecular flexibility index (Phi) is 5.29. The fourth-order valence-electron chi connectivity index (χ4n) is 1.44. The van der Waals surface area contributed by atoms with Crippen molar-refractivity contribution in [2.45, 2.75) is 27.3 Å². The molecule has 0 unspecified atom stereocenters. The molecule has 1 aromatic rings. The number of hydrogen-bond donors (Lipinski definition) is 0. The van der Waals surface area contributed by atoms with Gasteiger partial charge in [0.25, 0.3) is 0 Å². The molecule has 0 N–H and O–H groups in total. The lowest BCUT2D eigenvalue weighted by molar-refractivity contribution is -0.139. The van der Waals surface area contributed by atoms with E-state index in [9.17, 15) is 4.79 Å². The van der Waals surface area contributed by atoms with Gasteiger partial charge in [0.1, 0.15) is 0 Å². The number of nitrogens with zero attached hydrogens (tertiary/aromatic N) is 1. The lowest BCUT2D eigenvalue weighted by Gasteiger charge is -2.29. The highest BCUT2D eigenvalue weighted by molar-refractivity contribution is 7.16. The normalized spacial score (nSPS) is 11.6. The molecular weight excluding hydrogens is 277 g/mol. The average Bonchev–Trinajstić information content (AvgIpc) is 2.70. The highest BCUT2D eigenvalue weighted by Gasteiger charge is 2.30. The third-order valence-electron chi connectivity index (χ3n) is 2.56. The second kappa shape index (κ2) is 6.07. The Morgan fingerprint density at radius 2 is 2.12 bits per heavy atom. The van der Waals surface area contributed by atoms with Gasteiger partial charge < -0.3 is 4.90 Å². The summed E-state index contributed by atoms with van der Waals surface area (Å²) in [6.07, 6.45) is 0. The van der Waals surface area contributed by atoms with Gasteiger partial charge in [0.15, 0.2) is 0 Å². The predicted octanol–water partition coefficient (Wildman–Crippen LogP) is 4.02. The van der Waals surface area contributed by atoms with Crippen molar-refractivity contribution in [3.63, 3.8) is 0 Å². The van der Waals surface area contributed by atoms with Crippen LogP contribution < -0.4 is 0 Å². The summed E-state index contributed by atoms with van der Waals surface area (Å²) < 4.78 is 0.750. The third-order valence-corrected chi connectivity index (χ3v) is 4.44. The second-order valence-corrected chi connectivity index (χ2v) is 6.61. The molecule has 1 heterocycles. The van der Waals surface area contributed by atoms with Crippen LogP contribution in [0.4, 0.5) is 0 Å². The van der Waals surface area contributed by atoms with Crippen LogP contribution in [0.3, 0.4) is 0 Å². The van der Waals surface area contributed by atoms with E-state index in [-0.39, 0.29) is 5.91 Å². The van der Waals surface area contributed by atoms with Gasteiger partial charge in [0.05, 0.1) is 16.3 Å². The van der Waals surface area contributed by atoms with Gasteiger partial charge in [-0.15, -0.1) is 22.9 Å². The van der Waals surface area contributed by atoms with Crippen LogP contribution in [0, 0.1) is 5.41 Å². The van der Waals surface area contributed by atoms with E-state index in [0.717, 1.165) is 9.21 Å². The van der Waals surface area contributed by atoms with E-state index in [0.29, 0.717) is 19.0 Å². The minimum Gasteiger partial charge on any atom is -0.337 e. The van der Waals surface area contributed by atoms with Crippen molar-refractivity contribution < 1.29 is 4.79 Å². The lowest BCUT2D eigenvalue weighted by Crippen LogP contribution is -2.41. The van der Waals surface area contributed by atoms with Crippen molar-refractivity contribution in [1.29, 1.82) is 0 Å². The molecular formula is C12H17Cl2NOS. The molecule has 0 aliphatic carbocycles. The Morgan fingerprint density at radius 3 is 2.53 bits per heavy atom. The first kappa shape index (κ1) is 14.8. The van der Waals surface area contributed by atoms with Gasteiger partial charge >= 0.3 is 0 Å². The Hall–Kier alpha value is -0.250. The zero-order chi connectivity index (χ0) is 13.1. The van der Waals surface area contributed by atoms with Crippen molar-refractivity contribution in [1.82, 2.24) is 4.90 Å².